The molecule has 0 unspecified atom stereocenters. The number of carbonyl (C=O) groups is 2. The summed E-state index contributed by atoms with van der Waals surface area (Å²) in [5.41, 5.74) is 0.428. The van der Waals surface area contributed by atoms with Crippen molar-refractivity contribution in [1.82, 2.24) is 10.3 Å². The van der Waals surface area contributed by atoms with Crippen molar-refractivity contribution in [2.45, 2.75) is 31.7 Å². The molecule has 1 aromatic heterocycles. The van der Waals surface area contributed by atoms with Crippen LogP contribution in [0, 0.1) is 0 Å². The maximum atomic E-state index is 12.1. The fourth-order valence-electron chi connectivity index (χ4n) is 2.07. The SMILES string of the molecule is COc1ncccc1C(=O)NC1CCC(=O)CC1. The second-order valence-corrected chi connectivity index (χ2v) is 4.35. The first kappa shape index (κ1) is 12.5. The van der Waals surface area contributed by atoms with Gasteiger partial charge in [-0.15, -0.1) is 0 Å². The Morgan fingerprint density at radius 1 is 1.44 bits per heavy atom. The summed E-state index contributed by atoms with van der Waals surface area (Å²) < 4.78 is 5.05. The number of Topliss-reactive ketones (excluding diaryl/α,β-unsaturated/α-hetero) is 1. The Morgan fingerprint density at radius 3 is 2.83 bits per heavy atom. The molecule has 0 spiro atoms. The van der Waals surface area contributed by atoms with E-state index in [2.05, 4.69) is 10.3 Å². The third-order valence-electron chi connectivity index (χ3n) is 3.09. The molecule has 1 amide bonds. The van der Waals surface area contributed by atoms with Gasteiger partial charge >= 0.3 is 0 Å². The van der Waals surface area contributed by atoms with Crippen molar-refractivity contribution in [3.05, 3.63) is 23.9 Å². The second kappa shape index (κ2) is 5.62. The molecule has 0 aromatic carbocycles. The van der Waals surface area contributed by atoms with E-state index < -0.39 is 0 Å². The normalized spacial score (nSPS) is 16.4. The lowest BCUT2D eigenvalue weighted by atomic mass is 9.94. The summed E-state index contributed by atoms with van der Waals surface area (Å²) in [5.74, 6) is 0.403. The number of amides is 1. The maximum Gasteiger partial charge on any atom is 0.256 e. The van der Waals surface area contributed by atoms with Gasteiger partial charge in [0.05, 0.1) is 7.11 Å². The number of aromatic nitrogens is 1. The minimum atomic E-state index is -0.195. The smallest absolute Gasteiger partial charge is 0.256 e. The van der Waals surface area contributed by atoms with E-state index in [4.69, 9.17) is 4.74 Å². The molecule has 1 aliphatic carbocycles. The zero-order valence-corrected chi connectivity index (χ0v) is 10.3. The molecule has 0 radical (unpaired) electrons. The van der Waals surface area contributed by atoms with Crippen molar-refractivity contribution >= 4 is 11.7 Å². The van der Waals surface area contributed by atoms with Crippen LogP contribution >= 0.6 is 0 Å². The molecule has 5 nitrogen and oxygen atoms in total. The molecule has 0 atom stereocenters. The first-order valence-corrected chi connectivity index (χ1v) is 6.02. The maximum absolute atomic E-state index is 12.1. The van der Waals surface area contributed by atoms with E-state index in [1.165, 1.54) is 7.11 Å². The zero-order chi connectivity index (χ0) is 13.0. The van der Waals surface area contributed by atoms with Gasteiger partial charge in [-0.05, 0) is 25.0 Å². The van der Waals surface area contributed by atoms with Crippen LogP contribution in [-0.2, 0) is 4.79 Å². The Morgan fingerprint density at radius 2 is 2.17 bits per heavy atom. The molecule has 5 heteroatoms. The van der Waals surface area contributed by atoms with E-state index in [1.807, 2.05) is 0 Å². The largest absolute Gasteiger partial charge is 0.480 e. The molecule has 1 aliphatic rings. The van der Waals surface area contributed by atoms with Crippen LogP contribution in [0.4, 0.5) is 0 Å². The lowest BCUT2D eigenvalue weighted by molar-refractivity contribution is -0.120. The average molecular weight is 248 g/mol. The summed E-state index contributed by atoms with van der Waals surface area (Å²) in [7, 11) is 1.48. The number of ketones is 1. The molecule has 1 N–H and O–H groups in total. The second-order valence-electron chi connectivity index (χ2n) is 4.35. The van der Waals surface area contributed by atoms with Gasteiger partial charge in [0.25, 0.3) is 5.91 Å². The summed E-state index contributed by atoms with van der Waals surface area (Å²) in [5, 5.41) is 2.92. The van der Waals surface area contributed by atoms with Crippen LogP contribution in [-0.4, -0.2) is 29.8 Å². The Kier molecular flexibility index (Phi) is 3.92. The van der Waals surface area contributed by atoms with E-state index >= 15 is 0 Å². The standard InChI is InChI=1S/C13H16N2O3/c1-18-13-11(3-2-8-14-13)12(17)15-9-4-6-10(16)7-5-9/h2-3,8-9H,4-7H2,1H3,(H,15,17). The van der Waals surface area contributed by atoms with Gasteiger partial charge in [-0.25, -0.2) is 4.98 Å². The van der Waals surface area contributed by atoms with Crippen LogP contribution in [0.5, 0.6) is 5.88 Å². The molecular formula is C13H16N2O3. The van der Waals surface area contributed by atoms with Gasteiger partial charge in [0.1, 0.15) is 11.3 Å². The molecule has 2 rings (SSSR count). The van der Waals surface area contributed by atoms with Crippen LogP contribution in [0.15, 0.2) is 18.3 Å². The van der Waals surface area contributed by atoms with E-state index in [0.29, 0.717) is 37.1 Å². The lowest BCUT2D eigenvalue weighted by Crippen LogP contribution is -2.37. The molecular weight excluding hydrogens is 232 g/mol. The van der Waals surface area contributed by atoms with Gasteiger partial charge in [0.2, 0.25) is 5.88 Å². The van der Waals surface area contributed by atoms with Crippen LogP contribution < -0.4 is 10.1 Å². The Bertz CT molecular complexity index is 449. The highest BCUT2D eigenvalue weighted by molar-refractivity contribution is 5.96. The molecule has 0 aliphatic heterocycles. The highest BCUT2D eigenvalue weighted by atomic mass is 16.5. The van der Waals surface area contributed by atoms with E-state index in [9.17, 15) is 9.59 Å². The van der Waals surface area contributed by atoms with E-state index in [-0.39, 0.29) is 17.7 Å². The molecule has 1 heterocycles. The van der Waals surface area contributed by atoms with Gasteiger partial charge in [-0.3, -0.25) is 9.59 Å². The number of methoxy groups -OCH3 is 1. The number of rotatable bonds is 3. The van der Waals surface area contributed by atoms with Gasteiger partial charge < -0.3 is 10.1 Å². The highest BCUT2D eigenvalue weighted by Crippen LogP contribution is 2.17. The third-order valence-corrected chi connectivity index (χ3v) is 3.09. The third kappa shape index (κ3) is 2.85. The summed E-state index contributed by atoms with van der Waals surface area (Å²) >= 11 is 0. The molecule has 1 saturated carbocycles. The van der Waals surface area contributed by atoms with Gasteiger partial charge in [0, 0.05) is 25.1 Å². The predicted octanol–water partition coefficient (Wildman–Crippen LogP) is 1.33. The molecule has 0 saturated heterocycles. The molecule has 0 bridgehead atoms. The monoisotopic (exact) mass is 248 g/mol. The average Bonchev–Trinajstić information content (AvgIpc) is 2.41. The van der Waals surface area contributed by atoms with Crippen LogP contribution in [0.1, 0.15) is 36.0 Å². The predicted molar refractivity (Wildman–Crippen MR) is 65.5 cm³/mol. The van der Waals surface area contributed by atoms with Crippen molar-refractivity contribution < 1.29 is 14.3 Å². The first-order chi connectivity index (χ1) is 8.70. The minimum Gasteiger partial charge on any atom is -0.480 e. The van der Waals surface area contributed by atoms with Gasteiger partial charge in [-0.2, -0.15) is 0 Å². The molecule has 1 aromatic rings. The molecule has 1 fully saturated rings. The highest BCUT2D eigenvalue weighted by Gasteiger charge is 2.22. The number of ether oxygens (including phenoxy) is 1. The number of nitrogens with one attached hydrogen (secondary N) is 1. The fourth-order valence-corrected chi connectivity index (χ4v) is 2.07. The first-order valence-electron chi connectivity index (χ1n) is 6.02. The van der Waals surface area contributed by atoms with Gasteiger partial charge in [-0.1, -0.05) is 0 Å². The van der Waals surface area contributed by atoms with Crippen molar-refractivity contribution in [2.75, 3.05) is 7.11 Å². The van der Waals surface area contributed by atoms with Gasteiger partial charge in [0.15, 0.2) is 0 Å². The number of carbonyl (C=O) groups excluding carboxylic acids is 2. The summed E-state index contributed by atoms with van der Waals surface area (Å²) in [6.45, 7) is 0. The number of pyridine rings is 1. The quantitative estimate of drug-likeness (QED) is 0.876. The minimum absolute atomic E-state index is 0.0695. The number of nitrogens with zero attached hydrogens (tertiary/aromatic N) is 1. The summed E-state index contributed by atoms with van der Waals surface area (Å²) in [6, 6.07) is 3.44. The number of hydrogen-bond donors (Lipinski definition) is 1. The Hall–Kier alpha value is -1.91. The van der Waals surface area contributed by atoms with E-state index in [1.54, 1.807) is 18.3 Å². The van der Waals surface area contributed by atoms with E-state index in [0.717, 1.165) is 0 Å². The summed E-state index contributed by atoms with van der Waals surface area (Å²) in [6.07, 6.45) is 4.11. The topological polar surface area (TPSA) is 68.3 Å². The van der Waals surface area contributed by atoms with Crippen molar-refractivity contribution in [3.8, 4) is 5.88 Å². The molecule has 96 valence electrons. The fraction of sp³-hybridized carbons (Fsp3) is 0.462. The molecule has 18 heavy (non-hydrogen) atoms. The van der Waals surface area contributed by atoms with Crippen molar-refractivity contribution in [2.24, 2.45) is 0 Å². The summed E-state index contributed by atoms with van der Waals surface area (Å²) in [4.78, 5) is 27.2. The Labute approximate surface area is 106 Å². The van der Waals surface area contributed by atoms with Crippen LogP contribution in [0.2, 0.25) is 0 Å². The van der Waals surface area contributed by atoms with Crippen LogP contribution in [0.3, 0.4) is 0 Å². The number of hydrogen-bond acceptors (Lipinski definition) is 4. The zero-order valence-electron chi connectivity index (χ0n) is 10.3. The van der Waals surface area contributed by atoms with Crippen molar-refractivity contribution in [1.29, 1.82) is 0 Å². The van der Waals surface area contributed by atoms with Crippen molar-refractivity contribution in [3.63, 3.8) is 0 Å². The lowest BCUT2D eigenvalue weighted by Gasteiger charge is -2.22. The Balaban J connectivity index is 2.01. The van der Waals surface area contributed by atoms with Crippen LogP contribution in [0.25, 0.3) is 0 Å².